The number of anilines is 1. The minimum Gasteiger partial charge on any atom is -0.465 e. The van der Waals surface area contributed by atoms with E-state index in [0.717, 1.165) is 0 Å². The van der Waals surface area contributed by atoms with Crippen LogP contribution in [0.15, 0.2) is 6.20 Å². The van der Waals surface area contributed by atoms with Crippen LogP contribution in [0.3, 0.4) is 0 Å². The van der Waals surface area contributed by atoms with Crippen molar-refractivity contribution in [2.75, 3.05) is 12.3 Å². The van der Waals surface area contributed by atoms with Gasteiger partial charge < -0.3 is 10.5 Å². The molecule has 0 aliphatic carbocycles. The van der Waals surface area contributed by atoms with Gasteiger partial charge in [-0.25, -0.2) is 4.98 Å². The fourth-order valence-corrected chi connectivity index (χ4v) is 1.39. The van der Waals surface area contributed by atoms with E-state index < -0.39 is 10.9 Å². The number of hydrogen-bond acceptors (Lipinski definition) is 6. The Labute approximate surface area is 109 Å². The van der Waals surface area contributed by atoms with Gasteiger partial charge in [0, 0.05) is 11.8 Å². The molecule has 0 amide bonds. The zero-order valence-corrected chi connectivity index (χ0v) is 10.6. The third kappa shape index (κ3) is 3.67. The van der Waals surface area contributed by atoms with Gasteiger partial charge in [0.05, 0.1) is 17.1 Å². The van der Waals surface area contributed by atoms with E-state index in [-0.39, 0.29) is 24.5 Å². The van der Waals surface area contributed by atoms with Crippen LogP contribution in [0, 0.1) is 28.9 Å². The molecule has 0 radical (unpaired) electrons. The first kappa shape index (κ1) is 14.4. The Morgan fingerprint density at radius 3 is 2.89 bits per heavy atom. The molecule has 0 saturated heterocycles. The normalized spacial score (nSPS) is 9.37. The number of carbonyl (C=O) groups excluding carboxylic acids is 1. The number of hydrogen-bond donors (Lipinski definition) is 1. The van der Waals surface area contributed by atoms with E-state index in [1.54, 1.807) is 6.92 Å². The van der Waals surface area contributed by atoms with Gasteiger partial charge in [-0.1, -0.05) is 11.8 Å². The lowest BCUT2D eigenvalue weighted by atomic mass is 10.1. The zero-order valence-electron chi connectivity index (χ0n) is 10.6. The van der Waals surface area contributed by atoms with Crippen molar-refractivity contribution in [1.29, 1.82) is 0 Å². The summed E-state index contributed by atoms with van der Waals surface area (Å²) in [6.45, 7) is 3.52. The van der Waals surface area contributed by atoms with Gasteiger partial charge in [0.25, 0.3) is 0 Å². The van der Waals surface area contributed by atoms with Crippen LogP contribution in [0.1, 0.15) is 24.5 Å². The number of aromatic nitrogens is 1. The molecule has 0 saturated carbocycles. The van der Waals surface area contributed by atoms with Crippen molar-refractivity contribution in [3.05, 3.63) is 27.4 Å². The molecule has 0 aromatic carbocycles. The third-order valence-electron chi connectivity index (χ3n) is 2.28. The predicted molar refractivity (Wildman–Crippen MR) is 68.2 cm³/mol. The SMILES string of the molecule is CCOC(=O)CC#Cc1cnc(N)c([N+](=O)[O-])c1C. The van der Waals surface area contributed by atoms with Gasteiger partial charge in [-0.05, 0) is 13.8 Å². The van der Waals surface area contributed by atoms with Gasteiger partial charge in [0.1, 0.15) is 6.42 Å². The van der Waals surface area contributed by atoms with E-state index in [9.17, 15) is 14.9 Å². The minimum absolute atomic E-state index is 0.0779. The molecule has 2 N–H and O–H groups in total. The number of pyridine rings is 1. The number of carbonyl (C=O) groups is 1. The van der Waals surface area contributed by atoms with Crippen LogP contribution in [-0.2, 0) is 9.53 Å². The zero-order chi connectivity index (χ0) is 14.4. The molecule has 0 aliphatic heterocycles. The monoisotopic (exact) mass is 263 g/mol. The highest BCUT2D eigenvalue weighted by atomic mass is 16.6. The summed E-state index contributed by atoms with van der Waals surface area (Å²) in [5.74, 6) is 4.64. The average Bonchev–Trinajstić information content (AvgIpc) is 2.32. The molecule has 0 fully saturated rings. The van der Waals surface area contributed by atoms with Crippen molar-refractivity contribution in [1.82, 2.24) is 4.98 Å². The minimum atomic E-state index is -0.603. The maximum absolute atomic E-state index is 11.1. The van der Waals surface area contributed by atoms with Crippen LogP contribution >= 0.6 is 0 Å². The smallest absolute Gasteiger partial charge is 0.317 e. The summed E-state index contributed by atoms with van der Waals surface area (Å²) in [5, 5.41) is 10.8. The highest BCUT2D eigenvalue weighted by Crippen LogP contribution is 2.25. The maximum atomic E-state index is 11.1. The molecule has 0 bridgehead atoms. The Kier molecular flexibility index (Phi) is 4.83. The van der Waals surface area contributed by atoms with Crippen LogP contribution in [0.5, 0.6) is 0 Å². The van der Waals surface area contributed by atoms with Gasteiger partial charge in [-0.2, -0.15) is 0 Å². The van der Waals surface area contributed by atoms with Gasteiger partial charge in [0.2, 0.25) is 5.82 Å². The molecule has 19 heavy (non-hydrogen) atoms. The van der Waals surface area contributed by atoms with E-state index in [1.807, 2.05) is 0 Å². The number of nitrogens with two attached hydrogens (primary N) is 1. The molecule has 1 rings (SSSR count). The summed E-state index contributed by atoms with van der Waals surface area (Å²) < 4.78 is 4.71. The average molecular weight is 263 g/mol. The van der Waals surface area contributed by atoms with E-state index >= 15 is 0 Å². The Morgan fingerprint density at radius 1 is 1.63 bits per heavy atom. The molecule has 0 atom stereocenters. The number of ether oxygens (including phenoxy) is 1. The lowest BCUT2D eigenvalue weighted by molar-refractivity contribution is -0.384. The lowest BCUT2D eigenvalue weighted by Gasteiger charge is -2.01. The summed E-state index contributed by atoms with van der Waals surface area (Å²) in [5.41, 5.74) is 5.86. The first-order valence-corrected chi connectivity index (χ1v) is 5.51. The van der Waals surface area contributed by atoms with Crippen molar-refractivity contribution in [2.45, 2.75) is 20.3 Å². The van der Waals surface area contributed by atoms with Crippen molar-refractivity contribution in [3.8, 4) is 11.8 Å². The Balaban J connectivity index is 2.98. The second-order valence-corrected chi connectivity index (χ2v) is 3.57. The number of nitrogens with zero attached hydrogens (tertiary/aromatic N) is 2. The number of nitro groups is 1. The highest BCUT2D eigenvalue weighted by molar-refractivity contribution is 5.72. The summed E-state index contributed by atoms with van der Waals surface area (Å²) >= 11 is 0. The van der Waals surface area contributed by atoms with Crippen molar-refractivity contribution in [2.24, 2.45) is 0 Å². The largest absolute Gasteiger partial charge is 0.465 e. The quantitative estimate of drug-likeness (QED) is 0.379. The van der Waals surface area contributed by atoms with Crippen molar-refractivity contribution in [3.63, 3.8) is 0 Å². The van der Waals surface area contributed by atoms with Crippen LogP contribution in [0.25, 0.3) is 0 Å². The third-order valence-corrected chi connectivity index (χ3v) is 2.28. The lowest BCUT2D eigenvalue weighted by Crippen LogP contribution is -2.03. The Bertz CT molecular complexity index is 572. The van der Waals surface area contributed by atoms with E-state index in [2.05, 4.69) is 16.8 Å². The Hall–Kier alpha value is -2.62. The summed E-state index contributed by atoms with van der Waals surface area (Å²) in [7, 11) is 0. The van der Waals surface area contributed by atoms with E-state index in [4.69, 9.17) is 10.5 Å². The molecular weight excluding hydrogens is 250 g/mol. The standard InChI is InChI=1S/C12H13N3O4/c1-3-19-10(16)6-4-5-9-7-14-12(13)11(8(9)2)15(17)18/h7H,3,6H2,1-2H3,(H2,13,14). The molecule has 7 nitrogen and oxygen atoms in total. The van der Waals surface area contributed by atoms with Crippen LogP contribution < -0.4 is 5.73 Å². The van der Waals surface area contributed by atoms with Crippen LogP contribution in [-0.4, -0.2) is 22.5 Å². The first-order valence-electron chi connectivity index (χ1n) is 5.51. The number of nitrogen functional groups attached to an aromatic ring is 1. The predicted octanol–water partition coefficient (Wildman–Crippen LogP) is 1.19. The first-order chi connectivity index (χ1) is 8.97. The fraction of sp³-hybridized carbons (Fsp3) is 0.333. The maximum Gasteiger partial charge on any atom is 0.317 e. The molecule has 0 aliphatic rings. The van der Waals surface area contributed by atoms with Crippen LogP contribution in [0.4, 0.5) is 11.5 Å². The van der Waals surface area contributed by atoms with Crippen LogP contribution in [0.2, 0.25) is 0 Å². The van der Waals surface area contributed by atoms with Crippen molar-refractivity contribution < 1.29 is 14.5 Å². The second-order valence-electron chi connectivity index (χ2n) is 3.57. The molecule has 1 aromatic heterocycles. The summed E-state index contributed by atoms with van der Waals surface area (Å²) in [6, 6.07) is 0. The van der Waals surface area contributed by atoms with Gasteiger partial charge >= 0.3 is 11.7 Å². The fourth-order valence-electron chi connectivity index (χ4n) is 1.39. The Morgan fingerprint density at radius 2 is 2.32 bits per heavy atom. The molecule has 1 aromatic rings. The summed E-state index contributed by atoms with van der Waals surface area (Å²) in [6.07, 6.45) is 1.27. The molecular formula is C12H13N3O4. The van der Waals surface area contributed by atoms with Crippen molar-refractivity contribution >= 4 is 17.5 Å². The van der Waals surface area contributed by atoms with E-state index in [1.165, 1.54) is 13.1 Å². The number of rotatable bonds is 3. The van der Waals surface area contributed by atoms with E-state index in [0.29, 0.717) is 11.1 Å². The number of esters is 1. The summed E-state index contributed by atoms with van der Waals surface area (Å²) in [4.78, 5) is 25.0. The topological polar surface area (TPSA) is 108 Å². The molecule has 7 heteroatoms. The van der Waals surface area contributed by atoms with Gasteiger partial charge in [-0.3, -0.25) is 14.9 Å². The van der Waals surface area contributed by atoms with Gasteiger partial charge in [-0.15, -0.1) is 0 Å². The van der Waals surface area contributed by atoms with Gasteiger partial charge in [0.15, 0.2) is 0 Å². The highest BCUT2D eigenvalue weighted by Gasteiger charge is 2.18. The molecule has 1 heterocycles. The molecule has 0 unspecified atom stereocenters. The molecule has 100 valence electrons. The second kappa shape index (κ2) is 6.35. The molecule has 0 spiro atoms.